The average molecular weight is 539 g/mol. The Labute approximate surface area is 236 Å². The average Bonchev–Trinajstić information content (AvgIpc) is 3.28. The number of carbonyl (C=O) groups is 4. The van der Waals surface area contributed by atoms with E-state index in [9.17, 15) is 19.2 Å². The lowest BCUT2D eigenvalue weighted by Gasteiger charge is -2.34. The third kappa shape index (κ3) is 6.39. The van der Waals surface area contributed by atoms with Crippen LogP contribution in [0.2, 0.25) is 0 Å². The van der Waals surface area contributed by atoms with E-state index in [1.54, 1.807) is 7.05 Å². The highest BCUT2D eigenvalue weighted by Crippen LogP contribution is 2.44. The number of hydrogen-bond acceptors (Lipinski definition) is 4. The molecule has 0 radical (unpaired) electrons. The molecule has 3 aromatic rings. The van der Waals surface area contributed by atoms with Crippen molar-refractivity contribution in [2.75, 3.05) is 7.05 Å². The summed E-state index contributed by atoms with van der Waals surface area (Å²) in [5.41, 5.74) is 2.94. The molecule has 6 nitrogen and oxygen atoms in total. The summed E-state index contributed by atoms with van der Waals surface area (Å²) >= 11 is 0. The van der Waals surface area contributed by atoms with Crippen LogP contribution in [0.1, 0.15) is 61.1 Å². The molecule has 4 rings (SSSR count). The molecule has 2 N–H and O–H groups in total. The Morgan fingerprint density at radius 1 is 0.825 bits per heavy atom. The van der Waals surface area contributed by atoms with Gasteiger partial charge in [-0.05, 0) is 47.3 Å². The Hall–Kier alpha value is -4.06. The normalized spacial score (nSPS) is 20.6. The van der Waals surface area contributed by atoms with Crippen LogP contribution in [0.5, 0.6) is 0 Å². The lowest BCUT2D eigenvalue weighted by atomic mass is 9.68. The zero-order valence-corrected chi connectivity index (χ0v) is 23.3. The molecule has 7 unspecified atom stereocenters. The van der Waals surface area contributed by atoms with E-state index in [1.807, 2.05) is 97.9 Å². The number of carbonyl (C=O) groups excluding carboxylic acids is 4. The minimum absolute atomic E-state index is 0.0437. The molecule has 7 atom stereocenters. The van der Waals surface area contributed by atoms with Crippen molar-refractivity contribution in [2.45, 2.75) is 44.4 Å². The standard InChI is InChI=1S/C34H38N2O4/c1-22(24-13-7-4-8-14-24)19-27(21-37)31(33(39)35-3)28(26-17-11-6-12-18-26)20-29-30(34(40)36-32(29)38)23(2)25-15-9-5-10-16-25/h4-18,21-23,27-31H,19-20H2,1-3H3,(H,35,39)(H,36,38,40). The van der Waals surface area contributed by atoms with Crippen molar-refractivity contribution < 1.29 is 19.2 Å². The van der Waals surface area contributed by atoms with Crippen molar-refractivity contribution in [2.24, 2.45) is 23.7 Å². The van der Waals surface area contributed by atoms with Crippen LogP contribution in [0.4, 0.5) is 0 Å². The molecule has 1 aliphatic heterocycles. The summed E-state index contributed by atoms with van der Waals surface area (Å²) in [5, 5.41) is 5.34. The first-order valence-electron chi connectivity index (χ1n) is 14.0. The van der Waals surface area contributed by atoms with Gasteiger partial charge >= 0.3 is 0 Å². The summed E-state index contributed by atoms with van der Waals surface area (Å²) in [6, 6.07) is 29.2. The van der Waals surface area contributed by atoms with Crippen LogP contribution >= 0.6 is 0 Å². The van der Waals surface area contributed by atoms with Gasteiger partial charge in [-0.25, -0.2) is 0 Å². The van der Waals surface area contributed by atoms with E-state index in [4.69, 9.17) is 0 Å². The third-order valence-corrected chi connectivity index (χ3v) is 8.53. The zero-order valence-electron chi connectivity index (χ0n) is 23.3. The van der Waals surface area contributed by atoms with Crippen LogP contribution in [0.15, 0.2) is 91.0 Å². The third-order valence-electron chi connectivity index (χ3n) is 8.53. The highest BCUT2D eigenvalue weighted by molar-refractivity contribution is 6.05. The van der Waals surface area contributed by atoms with E-state index in [1.165, 1.54) is 0 Å². The fourth-order valence-corrected chi connectivity index (χ4v) is 6.36. The van der Waals surface area contributed by atoms with Crippen LogP contribution in [0.3, 0.4) is 0 Å². The molecule has 0 saturated carbocycles. The molecule has 0 aliphatic carbocycles. The number of hydrogen-bond donors (Lipinski definition) is 2. The van der Waals surface area contributed by atoms with E-state index in [-0.39, 0.29) is 36.0 Å². The molecule has 3 aromatic carbocycles. The van der Waals surface area contributed by atoms with E-state index in [2.05, 4.69) is 17.6 Å². The van der Waals surface area contributed by atoms with Gasteiger partial charge in [0.15, 0.2) is 0 Å². The van der Waals surface area contributed by atoms with Gasteiger partial charge in [0.05, 0.1) is 17.8 Å². The fraction of sp³-hybridized carbons (Fsp3) is 0.353. The first-order chi connectivity index (χ1) is 19.3. The van der Waals surface area contributed by atoms with Crippen molar-refractivity contribution in [3.05, 3.63) is 108 Å². The monoisotopic (exact) mass is 538 g/mol. The summed E-state index contributed by atoms with van der Waals surface area (Å²) in [7, 11) is 1.58. The van der Waals surface area contributed by atoms with Gasteiger partial charge in [-0.1, -0.05) is 105 Å². The van der Waals surface area contributed by atoms with Crippen molar-refractivity contribution >= 4 is 24.0 Å². The first-order valence-corrected chi connectivity index (χ1v) is 14.0. The van der Waals surface area contributed by atoms with Gasteiger partial charge < -0.3 is 10.1 Å². The van der Waals surface area contributed by atoms with E-state index < -0.39 is 29.6 Å². The summed E-state index contributed by atoms with van der Waals surface area (Å²) in [5.74, 6) is -4.00. The maximum absolute atomic E-state index is 13.6. The SMILES string of the molecule is CNC(=O)C(C(C=O)CC(C)c1ccccc1)C(CC1C(=O)NC(=O)C1C(C)c1ccccc1)c1ccccc1. The molecule has 0 spiro atoms. The lowest BCUT2D eigenvalue weighted by Crippen LogP contribution is -2.40. The molecular formula is C34H38N2O4. The minimum Gasteiger partial charge on any atom is -0.359 e. The maximum atomic E-state index is 13.6. The second kappa shape index (κ2) is 13.3. The van der Waals surface area contributed by atoms with E-state index in [0.29, 0.717) is 6.42 Å². The van der Waals surface area contributed by atoms with Crippen LogP contribution in [-0.2, 0) is 19.2 Å². The molecule has 0 aromatic heterocycles. The van der Waals surface area contributed by atoms with Crippen LogP contribution in [-0.4, -0.2) is 31.1 Å². The summed E-state index contributed by atoms with van der Waals surface area (Å²) < 4.78 is 0. The van der Waals surface area contributed by atoms with Gasteiger partial charge in [0.2, 0.25) is 17.7 Å². The number of benzene rings is 3. The number of imide groups is 1. The Bertz CT molecular complexity index is 1300. The van der Waals surface area contributed by atoms with Gasteiger partial charge in [-0.3, -0.25) is 19.7 Å². The smallest absolute Gasteiger partial charge is 0.231 e. The Morgan fingerprint density at radius 2 is 1.35 bits per heavy atom. The highest BCUT2D eigenvalue weighted by atomic mass is 16.2. The van der Waals surface area contributed by atoms with Gasteiger partial charge in [0, 0.05) is 13.0 Å². The molecule has 1 fully saturated rings. The quantitative estimate of drug-likeness (QED) is 0.244. The van der Waals surface area contributed by atoms with Gasteiger partial charge in [-0.2, -0.15) is 0 Å². The predicted molar refractivity (Wildman–Crippen MR) is 155 cm³/mol. The second-order valence-electron chi connectivity index (χ2n) is 10.9. The first kappa shape index (κ1) is 28.9. The number of nitrogens with one attached hydrogen (secondary N) is 2. The molecule has 1 heterocycles. The largest absolute Gasteiger partial charge is 0.359 e. The van der Waals surface area contributed by atoms with Gasteiger partial charge in [0.1, 0.15) is 6.29 Å². The molecule has 1 aliphatic rings. The van der Waals surface area contributed by atoms with Crippen LogP contribution in [0.25, 0.3) is 0 Å². The Balaban J connectivity index is 1.72. The topological polar surface area (TPSA) is 92.3 Å². The summed E-state index contributed by atoms with van der Waals surface area (Å²) in [6.07, 6.45) is 1.64. The molecule has 0 bridgehead atoms. The highest BCUT2D eigenvalue weighted by Gasteiger charge is 2.48. The molecular weight excluding hydrogens is 500 g/mol. The fourth-order valence-electron chi connectivity index (χ4n) is 6.36. The van der Waals surface area contributed by atoms with Crippen LogP contribution in [0, 0.1) is 23.7 Å². The van der Waals surface area contributed by atoms with Gasteiger partial charge in [0.25, 0.3) is 0 Å². The van der Waals surface area contributed by atoms with Gasteiger partial charge in [-0.15, -0.1) is 0 Å². The molecule has 40 heavy (non-hydrogen) atoms. The number of rotatable bonds is 12. The lowest BCUT2D eigenvalue weighted by molar-refractivity contribution is -0.131. The second-order valence-corrected chi connectivity index (χ2v) is 10.9. The Morgan fingerprint density at radius 3 is 1.88 bits per heavy atom. The maximum Gasteiger partial charge on any atom is 0.231 e. The Kier molecular flexibility index (Phi) is 9.65. The summed E-state index contributed by atoms with van der Waals surface area (Å²) in [6.45, 7) is 4.03. The van der Waals surface area contributed by atoms with Crippen LogP contribution < -0.4 is 10.6 Å². The molecule has 3 amide bonds. The van der Waals surface area contributed by atoms with Crippen molar-refractivity contribution in [3.63, 3.8) is 0 Å². The molecule has 1 saturated heterocycles. The number of amides is 3. The van der Waals surface area contributed by atoms with E-state index in [0.717, 1.165) is 23.0 Å². The van der Waals surface area contributed by atoms with Crippen molar-refractivity contribution in [3.8, 4) is 0 Å². The predicted octanol–water partition coefficient (Wildman–Crippen LogP) is 5.22. The summed E-state index contributed by atoms with van der Waals surface area (Å²) in [4.78, 5) is 52.6. The molecule has 208 valence electrons. The van der Waals surface area contributed by atoms with Crippen molar-refractivity contribution in [1.29, 1.82) is 0 Å². The molecule has 6 heteroatoms. The minimum atomic E-state index is -0.716. The van der Waals surface area contributed by atoms with E-state index >= 15 is 0 Å². The number of aldehydes is 1. The zero-order chi connectivity index (χ0) is 28.6. The van der Waals surface area contributed by atoms with Crippen molar-refractivity contribution in [1.82, 2.24) is 10.6 Å².